The van der Waals surface area contributed by atoms with Crippen LogP contribution in [0.4, 0.5) is 0 Å². The van der Waals surface area contributed by atoms with Gasteiger partial charge in [0.25, 0.3) is 0 Å². The van der Waals surface area contributed by atoms with Crippen molar-refractivity contribution >= 4 is 115 Å². The highest BCUT2D eigenvalue weighted by Gasteiger charge is 2.23. The second-order valence-corrected chi connectivity index (χ2v) is 13.6. The van der Waals surface area contributed by atoms with Gasteiger partial charge in [0.2, 0.25) is 0 Å². The minimum atomic E-state index is 0.128. The van der Waals surface area contributed by atoms with Gasteiger partial charge in [0.15, 0.2) is 17.5 Å². The van der Waals surface area contributed by atoms with E-state index in [9.17, 15) is 0 Å². The average molecular weight is 696 g/mol. The van der Waals surface area contributed by atoms with E-state index in [4.69, 9.17) is 74.3 Å². The molecule has 0 bridgehead atoms. The molecule has 14 radical (unpaired) electrons. The van der Waals surface area contributed by atoms with Gasteiger partial charge in [-0.3, -0.25) is 0 Å². The standard InChI is InChI=1S/C45H22B7N3O/c46-34-31(32-33-35(47)36(48)38(50)40(52)42(33)56-41(32)39(51)37(34)49)30-13-7-12-29(22-30)25-16-20-28(21-17-25)45-54-43(26-10-5-2-6-11-26)53-44(55-45)27-18-14-24(15-19-27)23-8-3-1-4-9-23/h1-22H. The minimum absolute atomic E-state index is 0.128. The molecule has 0 aliphatic heterocycles. The van der Waals surface area contributed by atoms with Crippen LogP contribution in [0.1, 0.15) is 0 Å². The van der Waals surface area contributed by atoms with Gasteiger partial charge in [0.1, 0.15) is 66.1 Å². The lowest BCUT2D eigenvalue weighted by Gasteiger charge is -2.17. The molecule has 9 aromatic rings. The molecule has 0 amide bonds. The summed E-state index contributed by atoms with van der Waals surface area (Å²) in [5.41, 5.74) is 9.87. The highest BCUT2D eigenvalue weighted by Crippen LogP contribution is 2.35. The lowest BCUT2D eigenvalue weighted by Crippen LogP contribution is -2.47. The second kappa shape index (κ2) is 14.1. The van der Waals surface area contributed by atoms with Gasteiger partial charge in [0.05, 0.1) is 0 Å². The Hall–Kier alpha value is -6.20. The van der Waals surface area contributed by atoms with E-state index >= 15 is 0 Å². The van der Waals surface area contributed by atoms with Gasteiger partial charge >= 0.3 is 0 Å². The smallest absolute Gasteiger partial charge is 0.164 e. The molecular weight excluding hydrogens is 674 g/mol. The third-order valence-electron chi connectivity index (χ3n) is 10.2. The third-order valence-corrected chi connectivity index (χ3v) is 10.2. The number of nitrogens with zero attached hydrogens (tertiary/aromatic N) is 3. The summed E-state index contributed by atoms with van der Waals surface area (Å²) in [6.07, 6.45) is 0. The van der Waals surface area contributed by atoms with Crippen molar-refractivity contribution < 1.29 is 4.42 Å². The van der Waals surface area contributed by atoms with Crippen molar-refractivity contribution in [3.05, 3.63) is 133 Å². The number of aromatic nitrogens is 3. The van der Waals surface area contributed by atoms with Crippen molar-refractivity contribution in [3.63, 3.8) is 0 Å². The van der Waals surface area contributed by atoms with Crippen LogP contribution in [0.15, 0.2) is 138 Å². The van der Waals surface area contributed by atoms with Crippen molar-refractivity contribution in [3.8, 4) is 67.5 Å². The van der Waals surface area contributed by atoms with Gasteiger partial charge < -0.3 is 4.42 Å². The normalized spacial score (nSPS) is 11.4. The summed E-state index contributed by atoms with van der Waals surface area (Å²) >= 11 is 0. The van der Waals surface area contributed by atoms with Crippen molar-refractivity contribution in [1.29, 1.82) is 0 Å². The SMILES string of the molecule is [B]c1c([B])c([B])c2c(oc3c([B])c([B])c([B])c(-c4cccc(-c5ccc(-c6nc(-c7ccccc7)nc(-c7ccc(-c8ccccc8)cc7)n6)cc5)c4)c32)c1[B]. The summed E-state index contributed by atoms with van der Waals surface area (Å²) in [7, 11) is 44.9. The number of fused-ring (bicyclic) bond motifs is 3. The molecule has 0 spiro atoms. The van der Waals surface area contributed by atoms with E-state index < -0.39 is 0 Å². The van der Waals surface area contributed by atoms with Crippen LogP contribution >= 0.6 is 0 Å². The Morgan fingerprint density at radius 1 is 0.304 bits per heavy atom. The summed E-state index contributed by atoms with van der Waals surface area (Å²) < 4.78 is 6.18. The van der Waals surface area contributed by atoms with Crippen LogP contribution in [0.25, 0.3) is 89.5 Å². The Labute approximate surface area is 334 Å². The van der Waals surface area contributed by atoms with E-state index in [-0.39, 0.29) is 43.8 Å². The van der Waals surface area contributed by atoms with Gasteiger partial charge in [-0.05, 0) is 39.4 Å². The zero-order valence-corrected chi connectivity index (χ0v) is 30.0. The van der Waals surface area contributed by atoms with E-state index in [2.05, 4.69) is 24.3 Å². The van der Waals surface area contributed by atoms with Gasteiger partial charge in [-0.1, -0.05) is 149 Å². The van der Waals surface area contributed by atoms with Gasteiger partial charge in [-0.25, -0.2) is 15.0 Å². The summed E-state index contributed by atoms with van der Waals surface area (Å²) in [6, 6.07) is 44.4. The Morgan fingerprint density at radius 2 is 0.679 bits per heavy atom. The molecule has 0 fully saturated rings. The van der Waals surface area contributed by atoms with Crippen molar-refractivity contribution in [2.75, 3.05) is 0 Å². The number of hydrogen-bond acceptors (Lipinski definition) is 4. The van der Waals surface area contributed by atoms with Gasteiger partial charge in [-0.15, -0.1) is 16.4 Å². The van der Waals surface area contributed by atoms with Crippen LogP contribution in [0.3, 0.4) is 0 Å². The number of furan rings is 1. The fourth-order valence-electron chi connectivity index (χ4n) is 7.15. The molecule has 0 atom stereocenters. The molecule has 2 heterocycles. The molecule has 0 aliphatic rings. The highest BCUT2D eigenvalue weighted by molar-refractivity contribution is 6.68. The Balaban J connectivity index is 1.12. The summed E-state index contributed by atoms with van der Waals surface area (Å²) in [6.45, 7) is 0. The topological polar surface area (TPSA) is 51.8 Å². The number of rotatable bonds is 6. The molecule has 7 aromatic carbocycles. The van der Waals surface area contributed by atoms with Crippen LogP contribution in [0.2, 0.25) is 0 Å². The zero-order valence-electron chi connectivity index (χ0n) is 30.0. The fraction of sp³-hybridized carbons (Fsp3) is 0. The van der Waals surface area contributed by atoms with E-state index in [0.29, 0.717) is 39.4 Å². The molecule has 2 aromatic heterocycles. The molecule has 11 heteroatoms. The molecule has 0 saturated carbocycles. The summed E-state index contributed by atoms with van der Waals surface area (Å²) in [5, 5.41) is 1.01. The van der Waals surface area contributed by atoms with Crippen molar-refractivity contribution in [2.45, 2.75) is 0 Å². The van der Waals surface area contributed by atoms with Gasteiger partial charge in [0, 0.05) is 27.5 Å². The molecule has 4 nitrogen and oxygen atoms in total. The molecular formula is C45H22B7N3O. The lowest BCUT2D eigenvalue weighted by atomic mass is 9.64. The van der Waals surface area contributed by atoms with Crippen molar-refractivity contribution in [1.82, 2.24) is 15.0 Å². The maximum absolute atomic E-state index is 6.71. The Kier molecular flexibility index (Phi) is 8.97. The number of hydrogen-bond donors (Lipinski definition) is 0. The van der Waals surface area contributed by atoms with Crippen LogP contribution < -0.4 is 38.2 Å². The van der Waals surface area contributed by atoms with Gasteiger partial charge in [-0.2, -0.15) is 0 Å². The van der Waals surface area contributed by atoms with E-state index in [0.717, 1.165) is 44.5 Å². The maximum Gasteiger partial charge on any atom is 0.164 e. The van der Waals surface area contributed by atoms with E-state index in [1.165, 1.54) is 0 Å². The predicted molar refractivity (Wildman–Crippen MR) is 237 cm³/mol. The molecule has 244 valence electrons. The van der Waals surface area contributed by atoms with Crippen LogP contribution in [-0.2, 0) is 0 Å². The fourth-order valence-corrected chi connectivity index (χ4v) is 7.15. The maximum atomic E-state index is 6.71. The monoisotopic (exact) mass is 697 g/mol. The first-order chi connectivity index (χ1) is 27.2. The first-order valence-electron chi connectivity index (χ1n) is 17.8. The van der Waals surface area contributed by atoms with Crippen LogP contribution in [-0.4, -0.2) is 69.9 Å². The van der Waals surface area contributed by atoms with Crippen LogP contribution in [0, 0.1) is 0 Å². The molecule has 0 N–H and O–H groups in total. The first kappa shape index (κ1) is 35.5. The van der Waals surface area contributed by atoms with E-state index in [1.807, 2.05) is 109 Å². The van der Waals surface area contributed by atoms with Crippen LogP contribution in [0.5, 0.6) is 0 Å². The highest BCUT2D eigenvalue weighted by atomic mass is 16.3. The molecule has 0 aliphatic carbocycles. The Bertz CT molecular complexity index is 2970. The number of benzene rings is 7. The second-order valence-electron chi connectivity index (χ2n) is 13.6. The predicted octanol–water partition coefficient (Wildman–Crippen LogP) is 3.33. The molecule has 9 rings (SSSR count). The quantitative estimate of drug-likeness (QED) is 0.251. The Morgan fingerprint density at radius 3 is 1.23 bits per heavy atom. The molecule has 0 unspecified atom stereocenters. The summed E-state index contributed by atoms with van der Waals surface area (Å²) in [5.74, 6) is 1.72. The zero-order chi connectivity index (χ0) is 38.7. The molecule has 56 heavy (non-hydrogen) atoms. The third kappa shape index (κ3) is 6.03. The van der Waals surface area contributed by atoms with E-state index in [1.54, 1.807) is 0 Å². The van der Waals surface area contributed by atoms with Crippen molar-refractivity contribution in [2.24, 2.45) is 0 Å². The average Bonchev–Trinajstić information content (AvgIpc) is 3.65. The minimum Gasteiger partial charge on any atom is -0.457 e. The largest absolute Gasteiger partial charge is 0.457 e. The first-order valence-corrected chi connectivity index (χ1v) is 17.8. The lowest BCUT2D eigenvalue weighted by molar-refractivity contribution is 0.675. The molecule has 0 saturated heterocycles. The summed E-state index contributed by atoms with van der Waals surface area (Å²) in [4.78, 5) is 14.8.